The van der Waals surface area contributed by atoms with E-state index in [9.17, 15) is 4.79 Å². The van der Waals surface area contributed by atoms with Crippen LogP contribution in [0.4, 0.5) is 0 Å². The number of rotatable bonds is 3. The maximum Gasteiger partial charge on any atom is 0.263 e. The third-order valence-corrected chi connectivity index (χ3v) is 14.2. The van der Waals surface area contributed by atoms with Crippen LogP contribution in [0.3, 0.4) is 0 Å². The van der Waals surface area contributed by atoms with Crippen LogP contribution in [-0.4, -0.2) is 13.5 Å². The highest BCUT2D eigenvalue weighted by molar-refractivity contribution is 6.26. The highest BCUT2D eigenvalue weighted by atomic mass is 16.1. The summed E-state index contributed by atoms with van der Waals surface area (Å²) in [6.07, 6.45) is 0. The topological polar surface area (TPSA) is 31.3 Å². The van der Waals surface area contributed by atoms with E-state index in [1.165, 1.54) is 71.4 Å². The predicted octanol–water partition coefficient (Wildman–Crippen LogP) is 14.4. The second kappa shape index (κ2) is 11.9. The summed E-state index contributed by atoms with van der Waals surface area (Å²) in [5.74, 6) is 0. The summed E-state index contributed by atoms with van der Waals surface area (Å²) in [7, 11) is 0. The fraction of sp³-hybridized carbons (Fsp3) is 0.0517. The number of fused-ring (bicyclic) bond motifs is 15. The molecular weight excluding hydrogens is 755 g/mol. The molecule has 0 spiro atoms. The maximum atomic E-state index is 14.1. The Morgan fingerprint density at radius 2 is 1.03 bits per heavy atom. The molecule has 0 unspecified atom stereocenters. The Balaban J connectivity index is 1.00. The lowest BCUT2D eigenvalue weighted by molar-refractivity contribution is 0.660. The molecule has 0 N–H and O–H groups in total. The maximum absolute atomic E-state index is 14.1. The van der Waals surface area contributed by atoms with Crippen molar-refractivity contribution in [2.45, 2.75) is 19.3 Å². The molecule has 4 aromatic heterocycles. The van der Waals surface area contributed by atoms with Crippen molar-refractivity contribution in [1.82, 2.24) is 13.5 Å². The molecule has 1 aliphatic rings. The first-order valence-corrected chi connectivity index (χ1v) is 21.5. The number of para-hydroxylation sites is 4. The standard InChI is InChI=1S/C58H37N3O/c1-58(2)47-23-13-20-37(34-26-30-51-46(32-34)41-22-12-21-40-38-16-6-7-18-43(38)57(62)61(51)55(40)41)53(47)44-28-27-36(33-48(44)58)60-49-24-10-8-17-39(49)42-29-31-52-54(56(42)60)45-19-9-11-25-50(45)59(52)35-14-4-3-5-15-35/h3-33H,1-2H3. The monoisotopic (exact) mass is 791 g/mol. The molecule has 0 radical (unpaired) electrons. The molecule has 4 heterocycles. The fourth-order valence-corrected chi connectivity index (χ4v) is 11.5. The van der Waals surface area contributed by atoms with E-state index in [-0.39, 0.29) is 11.0 Å². The molecule has 0 bridgehead atoms. The molecule has 62 heavy (non-hydrogen) atoms. The number of hydrogen-bond donors (Lipinski definition) is 0. The molecule has 0 atom stereocenters. The number of pyridine rings is 1. The van der Waals surface area contributed by atoms with Crippen LogP contribution >= 0.6 is 0 Å². The van der Waals surface area contributed by atoms with E-state index in [2.05, 4.69) is 193 Å². The average molecular weight is 792 g/mol. The minimum atomic E-state index is -0.250. The molecular formula is C58H37N3O. The SMILES string of the molecule is CC1(C)c2cc(-n3c4ccccc4c4ccc5c(c6ccccc6n5-c5ccccc5)c43)ccc2-c2c(-c3ccc4c(c3)c3cccc5c6ccccc6c(=O)n4c53)cccc21. The van der Waals surface area contributed by atoms with Crippen molar-refractivity contribution in [3.8, 4) is 33.6 Å². The summed E-state index contributed by atoms with van der Waals surface area (Å²) in [6, 6.07) is 68.1. The number of hydrogen-bond acceptors (Lipinski definition) is 1. The summed E-state index contributed by atoms with van der Waals surface area (Å²) in [5, 5.41) is 10.0. The highest BCUT2D eigenvalue weighted by Gasteiger charge is 2.37. The van der Waals surface area contributed by atoms with Gasteiger partial charge in [-0.15, -0.1) is 0 Å². The Bertz CT molecular complexity index is 4140. The zero-order chi connectivity index (χ0) is 41.0. The second-order valence-corrected chi connectivity index (χ2v) is 17.6. The first kappa shape index (κ1) is 33.8. The zero-order valence-corrected chi connectivity index (χ0v) is 34.1. The van der Waals surface area contributed by atoms with Crippen molar-refractivity contribution in [2.75, 3.05) is 0 Å². The van der Waals surface area contributed by atoms with Gasteiger partial charge in [-0.3, -0.25) is 9.20 Å². The zero-order valence-electron chi connectivity index (χ0n) is 34.1. The summed E-state index contributed by atoms with van der Waals surface area (Å²) >= 11 is 0. The minimum absolute atomic E-state index is 0.0325. The quantitative estimate of drug-likeness (QED) is 0.164. The van der Waals surface area contributed by atoms with Crippen LogP contribution in [0.2, 0.25) is 0 Å². The van der Waals surface area contributed by atoms with Crippen LogP contribution in [-0.2, 0) is 5.41 Å². The van der Waals surface area contributed by atoms with Gasteiger partial charge in [-0.2, -0.15) is 0 Å². The van der Waals surface area contributed by atoms with Crippen molar-refractivity contribution >= 4 is 81.6 Å². The summed E-state index contributed by atoms with van der Waals surface area (Å²) in [5.41, 5.74) is 16.4. The van der Waals surface area contributed by atoms with Crippen molar-refractivity contribution in [3.63, 3.8) is 0 Å². The third kappa shape index (κ3) is 4.18. The molecule has 290 valence electrons. The lowest BCUT2D eigenvalue weighted by atomic mass is 9.82. The molecule has 13 aromatic rings. The van der Waals surface area contributed by atoms with Gasteiger partial charge < -0.3 is 9.13 Å². The number of benzene rings is 9. The Kier molecular flexibility index (Phi) is 6.48. The molecule has 4 heteroatoms. The Hall–Kier alpha value is -7.95. The molecule has 9 aromatic carbocycles. The number of aromatic nitrogens is 3. The molecule has 14 rings (SSSR count). The van der Waals surface area contributed by atoms with E-state index in [4.69, 9.17) is 0 Å². The highest BCUT2D eigenvalue weighted by Crippen LogP contribution is 2.53. The summed E-state index contributed by atoms with van der Waals surface area (Å²) < 4.78 is 6.86. The molecule has 0 amide bonds. The predicted molar refractivity (Wildman–Crippen MR) is 259 cm³/mol. The van der Waals surface area contributed by atoms with Crippen molar-refractivity contribution in [1.29, 1.82) is 0 Å². The van der Waals surface area contributed by atoms with Gasteiger partial charge in [0.1, 0.15) is 0 Å². The van der Waals surface area contributed by atoms with Crippen molar-refractivity contribution in [2.24, 2.45) is 0 Å². The van der Waals surface area contributed by atoms with Gasteiger partial charge in [0.15, 0.2) is 0 Å². The summed E-state index contributed by atoms with van der Waals surface area (Å²) in [6.45, 7) is 4.75. The third-order valence-electron chi connectivity index (χ3n) is 14.2. The summed E-state index contributed by atoms with van der Waals surface area (Å²) in [4.78, 5) is 14.1. The Morgan fingerprint density at radius 1 is 0.387 bits per heavy atom. The van der Waals surface area contributed by atoms with Gasteiger partial charge in [0.05, 0.1) is 33.1 Å². The minimum Gasteiger partial charge on any atom is -0.309 e. The van der Waals surface area contributed by atoms with Crippen molar-refractivity contribution < 1.29 is 0 Å². The van der Waals surface area contributed by atoms with E-state index in [1.807, 2.05) is 22.6 Å². The van der Waals surface area contributed by atoms with E-state index >= 15 is 0 Å². The second-order valence-electron chi connectivity index (χ2n) is 17.6. The van der Waals surface area contributed by atoms with Crippen LogP contribution in [0, 0.1) is 0 Å². The van der Waals surface area contributed by atoms with Gasteiger partial charge in [0.2, 0.25) is 0 Å². The first-order valence-electron chi connectivity index (χ1n) is 21.5. The van der Waals surface area contributed by atoms with Crippen LogP contribution in [0.25, 0.3) is 115 Å². The number of nitrogens with zero attached hydrogens (tertiary/aromatic N) is 3. The largest absolute Gasteiger partial charge is 0.309 e. The molecule has 0 aliphatic heterocycles. The van der Waals surface area contributed by atoms with Crippen molar-refractivity contribution in [3.05, 3.63) is 210 Å². The lowest BCUT2D eigenvalue weighted by Crippen LogP contribution is -2.15. The van der Waals surface area contributed by atoms with E-state index < -0.39 is 0 Å². The van der Waals surface area contributed by atoms with Gasteiger partial charge in [-0.05, 0) is 99.4 Å². The van der Waals surface area contributed by atoms with Gasteiger partial charge in [0, 0.05) is 59.9 Å². The molecule has 0 saturated heterocycles. The van der Waals surface area contributed by atoms with Gasteiger partial charge >= 0.3 is 0 Å². The Morgan fingerprint density at radius 3 is 1.85 bits per heavy atom. The van der Waals surface area contributed by atoms with E-state index in [0.29, 0.717) is 0 Å². The van der Waals surface area contributed by atoms with Crippen LogP contribution in [0.1, 0.15) is 25.0 Å². The molecule has 0 saturated carbocycles. The van der Waals surface area contributed by atoms with Gasteiger partial charge in [-0.25, -0.2) is 0 Å². The molecule has 1 aliphatic carbocycles. The fourth-order valence-electron chi connectivity index (χ4n) is 11.5. The van der Waals surface area contributed by atoms with Crippen LogP contribution < -0.4 is 5.56 Å². The molecule has 4 nitrogen and oxygen atoms in total. The average Bonchev–Trinajstić information content (AvgIpc) is 4.02. The normalized spacial score (nSPS) is 13.5. The molecule has 0 fully saturated rings. The van der Waals surface area contributed by atoms with E-state index in [1.54, 1.807) is 0 Å². The van der Waals surface area contributed by atoms with E-state index in [0.717, 1.165) is 54.9 Å². The van der Waals surface area contributed by atoms with Gasteiger partial charge in [0.25, 0.3) is 5.56 Å². The van der Waals surface area contributed by atoms with Gasteiger partial charge in [-0.1, -0.05) is 141 Å². The lowest BCUT2D eigenvalue weighted by Gasteiger charge is -2.22. The first-order chi connectivity index (χ1) is 30.5. The van der Waals surface area contributed by atoms with Crippen LogP contribution in [0.5, 0.6) is 0 Å². The van der Waals surface area contributed by atoms with Crippen LogP contribution in [0.15, 0.2) is 193 Å². The Labute approximate surface area is 356 Å². The smallest absolute Gasteiger partial charge is 0.263 e.